The van der Waals surface area contributed by atoms with E-state index in [1.165, 1.54) is 12.1 Å². The van der Waals surface area contributed by atoms with Crippen LogP contribution in [0.3, 0.4) is 0 Å². The van der Waals surface area contributed by atoms with Crippen LogP contribution in [0.15, 0.2) is 54.7 Å². The zero-order valence-corrected chi connectivity index (χ0v) is 16.6. The summed E-state index contributed by atoms with van der Waals surface area (Å²) < 4.78 is 14.9. The number of rotatable bonds is 6. The number of benzene rings is 2. The van der Waals surface area contributed by atoms with Gasteiger partial charge in [-0.3, -0.25) is 4.79 Å². The number of carbonyl (C=O) groups excluding carboxylic acids is 1. The minimum atomic E-state index is -0.305. The molecule has 28 heavy (non-hydrogen) atoms. The maximum atomic E-state index is 13.2. The van der Waals surface area contributed by atoms with Gasteiger partial charge < -0.3 is 10.2 Å². The van der Waals surface area contributed by atoms with Crippen LogP contribution in [0, 0.1) is 5.82 Å². The molecular formula is C22H25FN4O. The Morgan fingerprint density at radius 2 is 1.75 bits per heavy atom. The quantitative estimate of drug-likeness (QED) is 0.700. The zero-order chi connectivity index (χ0) is 20.3. The predicted octanol–water partition coefficient (Wildman–Crippen LogP) is 4.13. The molecule has 0 fully saturated rings. The van der Waals surface area contributed by atoms with Gasteiger partial charge in [0.2, 0.25) is 0 Å². The Bertz CT molecular complexity index is 944. The van der Waals surface area contributed by atoms with Crippen LogP contribution in [0.2, 0.25) is 0 Å². The Hall–Kier alpha value is -3.15. The van der Waals surface area contributed by atoms with Crippen LogP contribution in [0.25, 0.3) is 5.69 Å². The number of carbonyl (C=O) groups is 1. The molecule has 0 aliphatic rings. The largest absolute Gasteiger partial charge is 0.378 e. The molecule has 0 radical (unpaired) electrons. The van der Waals surface area contributed by atoms with E-state index in [0.29, 0.717) is 12.1 Å². The van der Waals surface area contributed by atoms with Gasteiger partial charge in [-0.2, -0.15) is 5.10 Å². The minimum absolute atomic E-state index is 0.0766. The molecule has 3 aromatic rings. The highest BCUT2D eigenvalue weighted by molar-refractivity contribution is 5.95. The number of aromatic nitrogens is 2. The number of hydrogen-bond donors (Lipinski definition) is 1. The second-order valence-corrected chi connectivity index (χ2v) is 7.23. The number of amides is 1. The molecule has 0 unspecified atom stereocenters. The van der Waals surface area contributed by atoms with Crippen molar-refractivity contribution in [2.45, 2.75) is 26.3 Å². The summed E-state index contributed by atoms with van der Waals surface area (Å²) in [6, 6.07) is 14.1. The molecule has 2 aromatic carbocycles. The summed E-state index contributed by atoms with van der Waals surface area (Å²) in [4.78, 5) is 14.8. The summed E-state index contributed by atoms with van der Waals surface area (Å²) in [5.41, 5.74) is 4.19. The molecule has 3 rings (SSSR count). The third-order valence-corrected chi connectivity index (χ3v) is 4.57. The highest BCUT2D eigenvalue weighted by Gasteiger charge is 2.20. The molecule has 1 N–H and O–H groups in total. The van der Waals surface area contributed by atoms with Crippen LogP contribution in [-0.2, 0) is 6.54 Å². The maximum absolute atomic E-state index is 13.2. The van der Waals surface area contributed by atoms with Crippen molar-refractivity contribution in [3.8, 4) is 5.69 Å². The lowest BCUT2D eigenvalue weighted by Crippen LogP contribution is -2.24. The standard InChI is InChI=1S/C22H25FN4O/c1-15(2)21-20(14-25-27(21)19-11-7-17(23)8-12-19)22(28)24-13-16-5-9-18(10-6-16)26(3)4/h5-12,14-15H,13H2,1-4H3,(H,24,28). The average molecular weight is 380 g/mol. The summed E-state index contributed by atoms with van der Waals surface area (Å²) in [5.74, 6) is -0.401. The van der Waals surface area contributed by atoms with Crippen molar-refractivity contribution in [3.63, 3.8) is 0 Å². The Kier molecular flexibility index (Phi) is 5.78. The van der Waals surface area contributed by atoms with E-state index in [2.05, 4.69) is 10.4 Å². The molecule has 6 heteroatoms. The molecule has 0 spiro atoms. The molecule has 5 nitrogen and oxygen atoms in total. The van der Waals surface area contributed by atoms with E-state index in [-0.39, 0.29) is 17.6 Å². The second-order valence-electron chi connectivity index (χ2n) is 7.23. The van der Waals surface area contributed by atoms with Crippen LogP contribution >= 0.6 is 0 Å². The molecule has 146 valence electrons. The number of nitrogens with zero attached hydrogens (tertiary/aromatic N) is 3. The molecular weight excluding hydrogens is 355 g/mol. The van der Waals surface area contributed by atoms with Gasteiger partial charge >= 0.3 is 0 Å². The van der Waals surface area contributed by atoms with E-state index >= 15 is 0 Å². The molecule has 0 bridgehead atoms. The molecule has 0 atom stereocenters. The van der Waals surface area contributed by atoms with E-state index in [0.717, 1.165) is 22.6 Å². The first kappa shape index (κ1) is 19.6. The molecule has 1 heterocycles. The van der Waals surface area contributed by atoms with Crippen molar-refractivity contribution in [3.05, 3.63) is 77.4 Å². The Balaban J connectivity index is 1.79. The van der Waals surface area contributed by atoms with Crippen LogP contribution in [0.5, 0.6) is 0 Å². The summed E-state index contributed by atoms with van der Waals surface area (Å²) >= 11 is 0. The predicted molar refractivity (Wildman–Crippen MR) is 110 cm³/mol. The van der Waals surface area contributed by atoms with E-state index in [9.17, 15) is 9.18 Å². The van der Waals surface area contributed by atoms with Gasteiger partial charge in [0.05, 0.1) is 23.1 Å². The van der Waals surface area contributed by atoms with E-state index < -0.39 is 0 Å². The SMILES string of the molecule is CC(C)c1c(C(=O)NCc2ccc(N(C)C)cc2)cnn1-c1ccc(F)cc1. The molecule has 1 aromatic heterocycles. The van der Waals surface area contributed by atoms with Gasteiger partial charge in [0, 0.05) is 26.3 Å². The van der Waals surface area contributed by atoms with Gasteiger partial charge in [-0.05, 0) is 47.9 Å². The molecule has 1 amide bonds. The Labute approximate surface area is 164 Å². The molecule has 0 aliphatic carbocycles. The molecule has 0 saturated carbocycles. The molecule has 0 aliphatic heterocycles. The number of hydrogen-bond acceptors (Lipinski definition) is 3. The lowest BCUT2D eigenvalue weighted by molar-refractivity contribution is 0.0949. The van der Waals surface area contributed by atoms with Crippen LogP contribution in [-0.4, -0.2) is 29.8 Å². The van der Waals surface area contributed by atoms with Gasteiger partial charge in [-0.1, -0.05) is 26.0 Å². The first-order valence-electron chi connectivity index (χ1n) is 9.25. The Morgan fingerprint density at radius 3 is 2.32 bits per heavy atom. The minimum Gasteiger partial charge on any atom is -0.378 e. The third kappa shape index (κ3) is 4.22. The lowest BCUT2D eigenvalue weighted by Gasteiger charge is -2.14. The van der Waals surface area contributed by atoms with E-state index in [4.69, 9.17) is 0 Å². The molecule has 0 saturated heterocycles. The topological polar surface area (TPSA) is 50.2 Å². The summed E-state index contributed by atoms with van der Waals surface area (Å²) in [6.07, 6.45) is 1.57. The first-order valence-corrected chi connectivity index (χ1v) is 9.25. The van der Waals surface area contributed by atoms with Gasteiger partial charge in [-0.25, -0.2) is 9.07 Å². The Morgan fingerprint density at radius 1 is 1.11 bits per heavy atom. The van der Waals surface area contributed by atoms with Crippen molar-refractivity contribution in [2.24, 2.45) is 0 Å². The lowest BCUT2D eigenvalue weighted by atomic mass is 10.0. The van der Waals surface area contributed by atoms with Crippen LogP contribution in [0.4, 0.5) is 10.1 Å². The maximum Gasteiger partial charge on any atom is 0.255 e. The van der Waals surface area contributed by atoms with Gasteiger partial charge in [0.1, 0.15) is 5.82 Å². The van der Waals surface area contributed by atoms with Gasteiger partial charge in [0.15, 0.2) is 0 Å². The third-order valence-electron chi connectivity index (χ3n) is 4.57. The number of halogens is 1. The fourth-order valence-electron chi connectivity index (χ4n) is 3.07. The van der Waals surface area contributed by atoms with Gasteiger partial charge in [0.25, 0.3) is 5.91 Å². The van der Waals surface area contributed by atoms with Crippen molar-refractivity contribution in [1.82, 2.24) is 15.1 Å². The van der Waals surface area contributed by atoms with Crippen molar-refractivity contribution >= 4 is 11.6 Å². The fraction of sp³-hybridized carbons (Fsp3) is 0.273. The summed E-state index contributed by atoms with van der Waals surface area (Å²) in [6.45, 7) is 4.45. The van der Waals surface area contributed by atoms with Gasteiger partial charge in [-0.15, -0.1) is 0 Å². The van der Waals surface area contributed by atoms with Crippen molar-refractivity contribution < 1.29 is 9.18 Å². The highest BCUT2D eigenvalue weighted by Crippen LogP contribution is 2.23. The average Bonchev–Trinajstić information content (AvgIpc) is 3.12. The fourth-order valence-corrected chi connectivity index (χ4v) is 3.07. The first-order chi connectivity index (χ1) is 13.4. The van der Waals surface area contributed by atoms with E-state index in [1.807, 2.05) is 57.1 Å². The number of nitrogens with one attached hydrogen (secondary N) is 1. The van der Waals surface area contributed by atoms with Crippen molar-refractivity contribution in [1.29, 1.82) is 0 Å². The smallest absolute Gasteiger partial charge is 0.255 e. The van der Waals surface area contributed by atoms with Crippen LogP contribution < -0.4 is 10.2 Å². The zero-order valence-electron chi connectivity index (χ0n) is 16.6. The summed E-state index contributed by atoms with van der Waals surface area (Å²) in [7, 11) is 3.98. The highest BCUT2D eigenvalue weighted by atomic mass is 19.1. The van der Waals surface area contributed by atoms with E-state index in [1.54, 1.807) is 23.0 Å². The number of anilines is 1. The van der Waals surface area contributed by atoms with Crippen LogP contribution in [0.1, 0.15) is 41.4 Å². The van der Waals surface area contributed by atoms with Crippen molar-refractivity contribution in [2.75, 3.05) is 19.0 Å². The monoisotopic (exact) mass is 380 g/mol. The summed E-state index contributed by atoms with van der Waals surface area (Å²) in [5, 5.41) is 7.34. The normalized spacial score (nSPS) is 10.9. The second kappa shape index (κ2) is 8.25.